The van der Waals surface area contributed by atoms with E-state index in [1.54, 1.807) is 6.08 Å². The topological polar surface area (TPSA) is 55.8 Å². The van der Waals surface area contributed by atoms with Gasteiger partial charge in [0.25, 0.3) is 0 Å². The molecule has 0 aliphatic carbocycles. The van der Waals surface area contributed by atoms with E-state index >= 15 is 0 Å². The minimum Gasteiger partial charge on any atom is -0.493 e. The fourth-order valence-electron chi connectivity index (χ4n) is 2.31. The van der Waals surface area contributed by atoms with Crippen molar-refractivity contribution in [2.24, 2.45) is 0 Å². The van der Waals surface area contributed by atoms with Gasteiger partial charge in [-0.15, -0.1) is 0 Å². The van der Waals surface area contributed by atoms with Crippen molar-refractivity contribution < 1.29 is 19.4 Å². The number of rotatable bonds is 7. The molecule has 2 rings (SSSR count). The normalized spacial score (nSPS) is 18.2. The van der Waals surface area contributed by atoms with E-state index in [-0.39, 0.29) is 0 Å². The van der Waals surface area contributed by atoms with Gasteiger partial charge in [-0.1, -0.05) is 15.9 Å². The van der Waals surface area contributed by atoms with Gasteiger partial charge in [-0.3, -0.25) is 0 Å². The Hall–Kier alpha value is -1.33. The van der Waals surface area contributed by atoms with Crippen molar-refractivity contribution >= 4 is 28.0 Å². The number of hydrogen-bond acceptors (Lipinski definition) is 3. The van der Waals surface area contributed by atoms with Crippen LogP contribution in [0, 0.1) is 0 Å². The molecule has 0 radical (unpaired) electrons. The third-order valence-electron chi connectivity index (χ3n) is 3.33. The van der Waals surface area contributed by atoms with Crippen LogP contribution in [0.5, 0.6) is 5.75 Å². The van der Waals surface area contributed by atoms with E-state index in [1.165, 1.54) is 0 Å². The number of ether oxygens (including phenoxy) is 2. The first-order chi connectivity index (χ1) is 10.1. The summed E-state index contributed by atoms with van der Waals surface area (Å²) in [6.45, 7) is 1.48. The zero-order chi connectivity index (χ0) is 15.1. The van der Waals surface area contributed by atoms with Crippen LogP contribution in [0.3, 0.4) is 0 Å². The Morgan fingerprint density at radius 2 is 2.38 bits per heavy atom. The first kappa shape index (κ1) is 16.0. The van der Waals surface area contributed by atoms with Gasteiger partial charge in [-0.2, -0.15) is 0 Å². The van der Waals surface area contributed by atoms with Crippen molar-refractivity contribution in [2.75, 3.05) is 13.2 Å². The Kier molecular flexibility index (Phi) is 6.26. The van der Waals surface area contributed by atoms with Crippen molar-refractivity contribution in [3.8, 4) is 5.75 Å². The summed E-state index contributed by atoms with van der Waals surface area (Å²) < 4.78 is 12.2. The highest BCUT2D eigenvalue weighted by atomic mass is 79.9. The van der Waals surface area contributed by atoms with Crippen LogP contribution in [0.1, 0.15) is 31.2 Å². The fraction of sp³-hybridized carbons (Fsp3) is 0.438. The number of aliphatic carboxylic acids is 1. The molecule has 21 heavy (non-hydrogen) atoms. The molecule has 1 fully saturated rings. The number of carbonyl (C=O) groups is 1. The number of carboxylic acids is 1. The highest BCUT2D eigenvalue weighted by Gasteiger charge is 2.14. The quantitative estimate of drug-likeness (QED) is 0.596. The van der Waals surface area contributed by atoms with Crippen LogP contribution < -0.4 is 4.74 Å². The van der Waals surface area contributed by atoms with E-state index in [0.717, 1.165) is 48.4 Å². The van der Waals surface area contributed by atoms with Crippen molar-refractivity contribution in [2.45, 2.75) is 31.8 Å². The van der Waals surface area contributed by atoms with Crippen LogP contribution in [0.25, 0.3) is 6.08 Å². The number of halogens is 1. The van der Waals surface area contributed by atoms with Gasteiger partial charge in [0.1, 0.15) is 5.75 Å². The van der Waals surface area contributed by atoms with Crippen LogP contribution in [0.2, 0.25) is 0 Å². The average Bonchev–Trinajstić information content (AvgIpc) is 2.96. The van der Waals surface area contributed by atoms with E-state index in [1.807, 2.05) is 18.2 Å². The molecule has 1 saturated heterocycles. The second kappa shape index (κ2) is 8.20. The van der Waals surface area contributed by atoms with E-state index in [0.29, 0.717) is 18.5 Å². The first-order valence-electron chi connectivity index (χ1n) is 7.10. The summed E-state index contributed by atoms with van der Waals surface area (Å²) >= 11 is 3.38. The minimum atomic E-state index is -0.973. The number of benzene rings is 1. The third-order valence-corrected chi connectivity index (χ3v) is 3.82. The third kappa shape index (κ3) is 5.52. The van der Waals surface area contributed by atoms with Crippen LogP contribution in [-0.4, -0.2) is 30.4 Å². The van der Waals surface area contributed by atoms with E-state index in [2.05, 4.69) is 15.9 Å². The van der Waals surface area contributed by atoms with Gasteiger partial charge < -0.3 is 14.6 Å². The molecule has 4 nitrogen and oxygen atoms in total. The van der Waals surface area contributed by atoms with Crippen molar-refractivity contribution in [1.29, 1.82) is 0 Å². The Labute approximate surface area is 132 Å². The van der Waals surface area contributed by atoms with Crippen LogP contribution in [0.15, 0.2) is 28.7 Å². The van der Waals surface area contributed by atoms with Gasteiger partial charge in [0.15, 0.2) is 0 Å². The Bertz CT molecular complexity index is 507. The van der Waals surface area contributed by atoms with Gasteiger partial charge in [0.05, 0.1) is 12.7 Å². The maximum absolute atomic E-state index is 10.6. The summed E-state index contributed by atoms with van der Waals surface area (Å²) in [4.78, 5) is 10.6. The van der Waals surface area contributed by atoms with Gasteiger partial charge in [0.2, 0.25) is 0 Å². The van der Waals surface area contributed by atoms with Gasteiger partial charge in [0, 0.05) is 22.7 Å². The number of carboxylic acid groups (broad SMARTS) is 1. The highest BCUT2D eigenvalue weighted by Crippen LogP contribution is 2.25. The molecule has 0 aromatic heterocycles. The molecule has 1 aliphatic heterocycles. The maximum atomic E-state index is 10.6. The molecular weight excluding hydrogens is 336 g/mol. The molecule has 1 N–H and O–H groups in total. The summed E-state index contributed by atoms with van der Waals surface area (Å²) in [5.74, 6) is -0.276. The molecule has 1 heterocycles. The van der Waals surface area contributed by atoms with E-state index in [9.17, 15) is 4.79 Å². The predicted octanol–water partition coefficient (Wildman–Crippen LogP) is 3.88. The van der Waals surface area contributed by atoms with Gasteiger partial charge in [-0.25, -0.2) is 4.79 Å². The van der Waals surface area contributed by atoms with Crippen molar-refractivity contribution in [3.05, 3.63) is 34.3 Å². The second-order valence-corrected chi connectivity index (χ2v) is 5.90. The maximum Gasteiger partial charge on any atom is 0.328 e. The lowest BCUT2D eigenvalue weighted by Crippen LogP contribution is -2.08. The highest BCUT2D eigenvalue weighted by molar-refractivity contribution is 9.10. The van der Waals surface area contributed by atoms with E-state index < -0.39 is 5.97 Å². The summed E-state index contributed by atoms with van der Waals surface area (Å²) in [6, 6.07) is 5.57. The van der Waals surface area contributed by atoms with Gasteiger partial charge in [-0.05, 0) is 50.0 Å². The summed E-state index contributed by atoms with van der Waals surface area (Å²) in [7, 11) is 0. The van der Waals surface area contributed by atoms with Crippen LogP contribution in [0.4, 0.5) is 0 Å². The Morgan fingerprint density at radius 3 is 3.10 bits per heavy atom. The van der Waals surface area contributed by atoms with Crippen molar-refractivity contribution in [1.82, 2.24) is 0 Å². The summed E-state index contributed by atoms with van der Waals surface area (Å²) in [6.07, 6.45) is 7.28. The molecule has 5 heteroatoms. The molecule has 114 valence electrons. The van der Waals surface area contributed by atoms with Crippen molar-refractivity contribution in [3.63, 3.8) is 0 Å². The second-order valence-electron chi connectivity index (χ2n) is 4.98. The standard InChI is InChI=1S/C16H19BrO4/c17-13-6-7-15(12(11-13)5-8-16(18)19)21-10-2-4-14-3-1-9-20-14/h5-8,11,14H,1-4,9-10H2,(H,18,19). The smallest absolute Gasteiger partial charge is 0.328 e. The lowest BCUT2D eigenvalue weighted by Gasteiger charge is -2.12. The summed E-state index contributed by atoms with van der Waals surface area (Å²) in [5, 5.41) is 8.72. The average molecular weight is 355 g/mol. The number of hydrogen-bond donors (Lipinski definition) is 1. The first-order valence-corrected chi connectivity index (χ1v) is 7.89. The molecule has 0 bridgehead atoms. The molecule has 0 spiro atoms. The molecule has 1 atom stereocenters. The minimum absolute atomic E-state index is 0.380. The lowest BCUT2D eigenvalue weighted by atomic mass is 10.1. The lowest BCUT2D eigenvalue weighted by molar-refractivity contribution is -0.131. The van der Waals surface area contributed by atoms with Crippen LogP contribution >= 0.6 is 15.9 Å². The Balaban J connectivity index is 1.87. The van der Waals surface area contributed by atoms with E-state index in [4.69, 9.17) is 14.6 Å². The molecule has 0 saturated carbocycles. The molecular formula is C16H19BrO4. The molecule has 1 aromatic carbocycles. The van der Waals surface area contributed by atoms with Gasteiger partial charge >= 0.3 is 5.97 Å². The fourth-order valence-corrected chi connectivity index (χ4v) is 2.69. The molecule has 1 aliphatic rings. The molecule has 1 unspecified atom stereocenters. The molecule has 1 aromatic rings. The zero-order valence-corrected chi connectivity index (χ0v) is 13.3. The predicted molar refractivity (Wildman–Crippen MR) is 84.5 cm³/mol. The summed E-state index contributed by atoms with van der Waals surface area (Å²) in [5.41, 5.74) is 0.754. The largest absolute Gasteiger partial charge is 0.493 e. The molecule has 0 amide bonds. The monoisotopic (exact) mass is 354 g/mol. The SMILES string of the molecule is O=C(O)C=Cc1cc(Br)ccc1OCCCC1CCCO1. The Morgan fingerprint density at radius 1 is 1.52 bits per heavy atom. The zero-order valence-electron chi connectivity index (χ0n) is 11.8. The van der Waals surface area contributed by atoms with Crippen LogP contribution in [-0.2, 0) is 9.53 Å².